The number of benzene rings is 1. The molecule has 7 nitrogen and oxygen atoms in total. The van der Waals surface area contributed by atoms with Crippen molar-refractivity contribution in [3.8, 4) is 0 Å². The van der Waals surface area contributed by atoms with Crippen molar-refractivity contribution in [2.45, 2.75) is 23.4 Å². The van der Waals surface area contributed by atoms with Gasteiger partial charge in [-0.15, -0.1) is 10.2 Å². The van der Waals surface area contributed by atoms with Gasteiger partial charge < -0.3 is 11.1 Å². The number of imide groups is 1. The lowest BCUT2D eigenvalue weighted by Crippen LogP contribution is -2.42. The van der Waals surface area contributed by atoms with E-state index in [-0.39, 0.29) is 11.6 Å². The van der Waals surface area contributed by atoms with Gasteiger partial charge in [-0.2, -0.15) is 0 Å². The molecule has 0 radical (unpaired) electrons. The van der Waals surface area contributed by atoms with Crippen molar-refractivity contribution in [1.29, 1.82) is 0 Å². The number of urea groups is 1. The number of carbonyl (C=O) groups excluding carboxylic acids is 2. The van der Waals surface area contributed by atoms with E-state index in [1.807, 2.05) is 13.8 Å². The number of aromatic nitrogens is 2. The lowest BCUT2D eigenvalue weighted by Gasteiger charge is -2.16. The van der Waals surface area contributed by atoms with Gasteiger partial charge in [-0.3, -0.25) is 10.1 Å². The van der Waals surface area contributed by atoms with Crippen LogP contribution in [0, 0.1) is 11.7 Å². The van der Waals surface area contributed by atoms with Crippen molar-refractivity contribution in [3.05, 3.63) is 30.1 Å². The number of thioether (sulfide) groups is 1. The van der Waals surface area contributed by atoms with E-state index in [0.717, 1.165) is 0 Å². The predicted octanol–water partition coefficient (Wildman–Crippen LogP) is 2.73. The molecule has 0 bridgehead atoms. The van der Waals surface area contributed by atoms with Crippen LogP contribution in [0.2, 0.25) is 0 Å². The molecule has 1 heterocycles. The summed E-state index contributed by atoms with van der Waals surface area (Å²) in [6, 6.07) is 5.31. The van der Waals surface area contributed by atoms with E-state index in [1.165, 1.54) is 29.2 Å². The molecule has 0 fully saturated rings. The first-order valence-corrected chi connectivity index (χ1v) is 8.68. The summed E-state index contributed by atoms with van der Waals surface area (Å²) in [6.45, 7) is 3.69. The van der Waals surface area contributed by atoms with Crippen LogP contribution in [-0.4, -0.2) is 27.4 Å². The van der Waals surface area contributed by atoms with E-state index in [0.29, 0.717) is 9.47 Å². The van der Waals surface area contributed by atoms with E-state index in [1.54, 1.807) is 18.2 Å². The molecule has 1 aromatic carbocycles. The minimum atomic E-state index is -0.898. The second-order valence-electron chi connectivity index (χ2n) is 5.11. The molecule has 10 heteroatoms. The van der Waals surface area contributed by atoms with Crippen LogP contribution < -0.4 is 16.4 Å². The standard InChI is InChI=1S/C14H16FN5O2S2/c1-7(2)10(11(21)18-12(16)22)23-14-20-19-13(24-14)17-9-6-4-3-5-8(9)15/h3-7,10H,1-2H3,(H,17,19)(H3,16,18,21,22)/t10-/m0/s1. The molecule has 3 amide bonds. The molecule has 0 saturated heterocycles. The highest BCUT2D eigenvalue weighted by atomic mass is 32.2. The maximum atomic E-state index is 13.6. The maximum Gasteiger partial charge on any atom is 0.318 e. The summed E-state index contributed by atoms with van der Waals surface area (Å²) >= 11 is 2.36. The molecule has 0 aliphatic rings. The highest BCUT2D eigenvalue weighted by Gasteiger charge is 2.26. The molecule has 128 valence electrons. The lowest BCUT2D eigenvalue weighted by atomic mass is 10.1. The number of para-hydroxylation sites is 1. The first kappa shape index (κ1) is 18.1. The number of hydrogen-bond donors (Lipinski definition) is 3. The average Bonchev–Trinajstić information content (AvgIpc) is 2.93. The third-order valence-electron chi connectivity index (χ3n) is 2.86. The first-order valence-electron chi connectivity index (χ1n) is 6.99. The zero-order valence-electron chi connectivity index (χ0n) is 12.9. The van der Waals surface area contributed by atoms with Crippen molar-refractivity contribution in [2.75, 3.05) is 5.32 Å². The van der Waals surface area contributed by atoms with Crippen LogP contribution >= 0.6 is 23.1 Å². The van der Waals surface area contributed by atoms with Crippen molar-refractivity contribution >= 4 is 45.9 Å². The van der Waals surface area contributed by atoms with Gasteiger partial charge in [0.25, 0.3) is 0 Å². The molecule has 0 aliphatic carbocycles. The van der Waals surface area contributed by atoms with Crippen LogP contribution in [-0.2, 0) is 4.79 Å². The Kier molecular flexibility index (Phi) is 6.10. The molecular weight excluding hydrogens is 353 g/mol. The number of nitrogens with two attached hydrogens (primary N) is 1. The second-order valence-corrected chi connectivity index (χ2v) is 7.48. The smallest absolute Gasteiger partial charge is 0.318 e. The van der Waals surface area contributed by atoms with Gasteiger partial charge >= 0.3 is 6.03 Å². The minimum Gasteiger partial charge on any atom is -0.351 e. The number of nitrogens with zero attached hydrogens (tertiary/aromatic N) is 2. The molecule has 0 unspecified atom stereocenters. The second kappa shape index (κ2) is 8.06. The number of amides is 3. The summed E-state index contributed by atoms with van der Waals surface area (Å²) in [4.78, 5) is 22.8. The molecule has 1 aromatic heterocycles. The Morgan fingerprint density at radius 3 is 2.62 bits per heavy atom. The maximum absolute atomic E-state index is 13.6. The number of hydrogen-bond acceptors (Lipinski definition) is 7. The van der Waals surface area contributed by atoms with Crippen LogP contribution in [0.5, 0.6) is 0 Å². The number of halogens is 1. The van der Waals surface area contributed by atoms with E-state index < -0.39 is 23.0 Å². The lowest BCUT2D eigenvalue weighted by molar-refractivity contribution is -0.120. The van der Waals surface area contributed by atoms with Gasteiger partial charge in [0.15, 0.2) is 4.34 Å². The van der Waals surface area contributed by atoms with Gasteiger partial charge in [0, 0.05) is 0 Å². The third-order valence-corrected chi connectivity index (χ3v) is 5.33. The van der Waals surface area contributed by atoms with Gasteiger partial charge in [0.1, 0.15) is 5.82 Å². The van der Waals surface area contributed by atoms with Crippen LogP contribution in [0.4, 0.5) is 20.0 Å². The Balaban J connectivity index is 2.07. The molecule has 0 spiro atoms. The summed E-state index contributed by atoms with van der Waals surface area (Å²) < 4.78 is 14.1. The van der Waals surface area contributed by atoms with Gasteiger partial charge in [0.05, 0.1) is 10.9 Å². The Bertz CT molecular complexity index is 737. The molecule has 2 rings (SSSR count). The zero-order chi connectivity index (χ0) is 17.7. The average molecular weight is 369 g/mol. The van der Waals surface area contributed by atoms with Crippen molar-refractivity contribution in [2.24, 2.45) is 11.7 Å². The van der Waals surface area contributed by atoms with Gasteiger partial charge in [-0.1, -0.05) is 49.1 Å². The third kappa shape index (κ3) is 4.90. The van der Waals surface area contributed by atoms with Gasteiger partial charge in [-0.25, -0.2) is 9.18 Å². The summed E-state index contributed by atoms with van der Waals surface area (Å²) in [5, 5.41) is 12.7. The largest absolute Gasteiger partial charge is 0.351 e. The van der Waals surface area contributed by atoms with Crippen LogP contribution in [0.25, 0.3) is 0 Å². The number of anilines is 2. The van der Waals surface area contributed by atoms with E-state index in [4.69, 9.17) is 5.73 Å². The van der Waals surface area contributed by atoms with Gasteiger partial charge in [0.2, 0.25) is 11.0 Å². The van der Waals surface area contributed by atoms with Gasteiger partial charge in [-0.05, 0) is 18.1 Å². The highest BCUT2D eigenvalue weighted by molar-refractivity contribution is 8.02. The molecule has 1 atom stereocenters. The minimum absolute atomic E-state index is 0.0544. The summed E-state index contributed by atoms with van der Waals surface area (Å²) in [7, 11) is 0. The van der Waals surface area contributed by atoms with Crippen molar-refractivity contribution in [3.63, 3.8) is 0 Å². The fourth-order valence-electron chi connectivity index (χ4n) is 1.78. The normalized spacial score (nSPS) is 12.0. The SMILES string of the molecule is CC(C)[C@H](Sc1nnc(Nc2ccccc2F)s1)C(=O)NC(N)=O. The molecule has 0 saturated carbocycles. The highest BCUT2D eigenvalue weighted by Crippen LogP contribution is 2.33. The fourth-order valence-corrected chi connectivity index (χ4v) is 3.75. The van der Waals surface area contributed by atoms with Crippen molar-refractivity contribution < 1.29 is 14.0 Å². The topological polar surface area (TPSA) is 110 Å². The van der Waals surface area contributed by atoms with E-state index in [9.17, 15) is 14.0 Å². The van der Waals surface area contributed by atoms with Crippen LogP contribution in [0.1, 0.15) is 13.8 Å². The molecule has 2 aromatic rings. The molecule has 24 heavy (non-hydrogen) atoms. The number of carbonyl (C=O) groups is 2. The van der Waals surface area contributed by atoms with Crippen molar-refractivity contribution in [1.82, 2.24) is 15.5 Å². The Morgan fingerprint density at radius 2 is 2.00 bits per heavy atom. The van der Waals surface area contributed by atoms with Crippen LogP contribution in [0.15, 0.2) is 28.6 Å². The number of nitrogens with one attached hydrogen (secondary N) is 2. The zero-order valence-corrected chi connectivity index (χ0v) is 14.6. The van der Waals surface area contributed by atoms with Crippen LogP contribution in [0.3, 0.4) is 0 Å². The fraction of sp³-hybridized carbons (Fsp3) is 0.286. The summed E-state index contributed by atoms with van der Waals surface area (Å²) in [5.74, 6) is -0.940. The summed E-state index contributed by atoms with van der Waals surface area (Å²) in [5.41, 5.74) is 5.27. The Morgan fingerprint density at radius 1 is 1.29 bits per heavy atom. The predicted molar refractivity (Wildman–Crippen MR) is 91.8 cm³/mol. The molecular formula is C14H16FN5O2S2. The molecule has 4 N–H and O–H groups in total. The molecule has 0 aliphatic heterocycles. The van der Waals surface area contributed by atoms with E-state index in [2.05, 4.69) is 20.8 Å². The Hall–Kier alpha value is -2.20. The summed E-state index contributed by atoms with van der Waals surface area (Å²) in [6.07, 6.45) is 0. The number of rotatable bonds is 6. The van der Waals surface area contributed by atoms with E-state index >= 15 is 0 Å². The number of primary amides is 1. The quantitative estimate of drug-likeness (QED) is 0.675. The Labute approximate surface area is 146 Å². The monoisotopic (exact) mass is 369 g/mol. The first-order chi connectivity index (χ1) is 11.4.